The lowest BCUT2D eigenvalue weighted by Gasteiger charge is -2.35. The number of para-hydroxylation sites is 1. The number of anilines is 1. The van der Waals surface area contributed by atoms with E-state index >= 15 is 0 Å². The SMILES string of the molecule is CC1=C(C)C[C@@H](C(=O)N2CCc3ccccc32)[C@@H](C(=O)[O-])C1. The molecular weight excluding hydrogens is 278 g/mol. The number of rotatable bonds is 2. The summed E-state index contributed by atoms with van der Waals surface area (Å²) >= 11 is 0. The van der Waals surface area contributed by atoms with Crippen molar-refractivity contribution in [2.75, 3.05) is 11.4 Å². The molecule has 0 fully saturated rings. The average Bonchev–Trinajstić information content (AvgIpc) is 2.92. The first-order chi connectivity index (χ1) is 10.5. The number of carbonyl (C=O) groups excluding carboxylic acids is 2. The molecule has 0 saturated carbocycles. The lowest BCUT2D eigenvalue weighted by atomic mass is 9.76. The second-order valence-corrected chi connectivity index (χ2v) is 6.37. The molecule has 1 aromatic rings. The summed E-state index contributed by atoms with van der Waals surface area (Å²) < 4.78 is 0. The third-order valence-electron chi connectivity index (χ3n) is 5.04. The van der Waals surface area contributed by atoms with Gasteiger partial charge in [-0.1, -0.05) is 29.3 Å². The van der Waals surface area contributed by atoms with E-state index in [0.717, 1.165) is 28.8 Å². The number of carboxylic acids is 1. The Morgan fingerprint density at radius 1 is 1.09 bits per heavy atom. The summed E-state index contributed by atoms with van der Waals surface area (Å²) in [5, 5.41) is 11.5. The summed E-state index contributed by atoms with van der Waals surface area (Å²) in [6.45, 7) is 4.56. The van der Waals surface area contributed by atoms with E-state index in [1.807, 2.05) is 38.1 Å². The molecule has 1 heterocycles. The van der Waals surface area contributed by atoms with E-state index in [4.69, 9.17) is 0 Å². The zero-order chi connectivity index (χ0) is 15.9. The molecule has 2 aliphatic rings. The van der Waals surface area contributed by atoms with Crippen molar-refractivity contribution in [3.63, 3.8) is 0 Å². The molecule has 0 spiro atoms. The van der Waals surface area contributed by atoms with Crippen LogP contribution >= 0.6 is 0 Å². The molecule has 1 aliphatic heterocycles. The van der Waals surface area contributed by atoms with Gasteiger partial charge in [0.1, 0.15) is 0 Å². The van der Waals surface area contributed by atoms with Crippen LogP contribution in [0.25, 0.3) is 0 Å². The topological polar surface area (TPSA) is 60.4 Å². The van der Waals surface area contributed by atoms with Gasteiger partial charge in [0.2, 0.25) is 5.91 Å². The molecule has 0 N–H and O–H groups in total. The second-order valence-electron chi connectivity index (χ2n) is 6.37. The number of nitrogens with zero attached hydrogens (tertiary/aromatic N) is 1. The normalized spacial score (nSPS) is 24.4. The number of allylic oxidation sites excluding steroid dienone is 2. The van der Waals surface area contributed by atoms with Crippen molar-refractivity contribution in [1.29, 1.82) is 0 Å². The van der Waals surface area contributed by atoms with Crippen molar-refractivity contribution in [3.8, 4) is 0 Å². The van der Waals surface area contributed by atoms with E-state index in [0.29, 0.717) is 19.4 Å². The highest BCUT2D eigenvalue weighted by Gasteiger charge is 2.37. The van der Waals surface area contributed by atoms with Crippen molar-refractivity contribution in [1.82, 2.24) is 0 Å². The number of benzene rings is 1. The van der Waals surface area contributed by atoms with E-state index < -0.39 is 17.8 Å². The van der Waals surface area contributed by atoms with Crippen LogP contribution in [0.5, 0.6) is 0 Å². The summed E-state index contributed by atoms with van der Waals surface area (Å²) in [7, 11) is 0. The van der Waals surface area contributed by atoms with Crippen molar-refractivity contribution in [3.05, 3.63) is 41.0 Å². The Labute approximate surface area is 130 Å². The summed E-state index contributed by atoms with van der Waals surface area (Å²) in [4.78, 5) is 26.2. The van der Waals surface area contributed by atoms with Gasteiger partial charge in [0.05, 0.1) is 5.92 Å². The summed E-state index contributed by atoms with van der Waals surface area (Å²) in [6.07, 6.45) is 1.76. The van der Waals surface area contributed by atoms with Crippen molar-refractivity contribution >= 4 is 17.6 Å². The molecule has 0 radical (unpaired) electrons. The van der Waals surface area contributed by atoms with Gasteiger partial charge in [0, 0.05) is 24.1 Å². The van der Waals surface area contributed by atoms with Crippen LogP contribution in [0.15, 0.2) is 35.4 Å². The largest absolute Gasteiger partial charge is 0.550 e. The van der Waals surface area contributed by atoms with Gasteiger partial charge in [-0.3, -0.25) is 4.79 Å². The first kappa shape index (κ1) is 14.8. The molecule has 0 saturated heterocycles. The van der Waals surface area contributed by atoms with Crippen LogP contribution in [0.3, 0.4) is 0 Å². The van der Waals surface area contributed by atoms with E-state index in [1.165, 1.54) is 0 Å². The number of carboxylic acid groups (broad SMARTS) is 1. The minimum Gasteiger partial charge on any atom is -0.550 e. The maximum absolute atomic E-state index is 12.9. The average molecular weight is 298 g/mol. The van der Waals surface area contributed by atoms with Crippen molar-refractivity contribution in [2.24, 2.45) is 11.8 Å². The molecule has 3 rings (SSSR count). The van der Waals surface area contributed by atoms with E-state index in [1.54, 1.807) is 4.90 Å². The quantitative estimate of drug-likeness (QED) is 0.781. The van der Waals surface area contributed by atoms with Crippen LogP contribution in [0.2, 0.25) is 0 Å². The highest BCUT2D eigenvalue weighted by molar-refractivity contribution is 5.99. The Morgan fingerprint density at radius 2 is 1.73 bits per heavy atom. The van der Waals surface area contributed by atoms with Gasteiger partial charge in [-0.2, -0.15) is 0 Å². The van der Waals surface area contributed by atoms with Crippen LogP contribution in [0.1, 0.15) is 32.3 Å². The number of hydrogen-bond donors (Lipinski definition) is 0. The number of fused-ring (bicyclic) bond motifs is 1. The predicted octanol–water partition coefficient (Wildman–Crippen LogP) is 1.69. The Balaban J connectivity index is 1.90. The fraction of sp³-hybridized carbons (Fsp3) is 0.444. The first-order valence-corrected chi connectivity index (χ1v) is 7.74. The molecule has 1 aromatic carbocycles. The number of hydrogen-bond acceptors (Lipinski definition) is 3. The highest BCUT2D eigenvalue weighted by atomic mass is 16.4. The molecule has 2 atom stereocenters. The standard InChI is InChI=1S/C18H21NO3/c1-11-9-14(15(18(21)22)10-12(11)2)17(20)19-8-7-13-5-3-4-6-16(13)19/h3-6,14-15H,7-10H2,1-2H3,(H,21,22)/p-1/t14-,15+/m1/s1. The van der Waals surface area contributed by atoms with Crippen LogP contribution in [-0.4, -0.2) is 18.4 Å². The lowest BCUT2D eigenvalue weighted by Crippen LogP contribution is -2.46. The van der Waals surface area contributed by atoms with Gasteiger partial charge in [-0.25, -0.2) is 0 Å². The smallest absolute Gasteiger partial charge is 0.231 e. The number of amides is 1. The lowest BCUT2D eigenvalue weighted by molar-refractivity contribution is -0.313. The van der Waals surface area contributed by atoms with Gasteiger partial charge >= 0.3 is 0 Å². The second kappa shape index (κ2) is 5.59. The predicted molar refractivity (Wildman–Crippen MR) is 82.1 cm³/mol. The maximum Gasteiger partial charge on any atom is 0.231 e. The van der Waals surface area contributed by atoms with Gasteiger partial charge in [-0.05, 0) is 44.7 Å². The molecule has 4 nitrogen and oxygen atoms in total. The number of carbonyl (C=O) groups is 2. The zero-order valence-corrected chi connectivity index (χ0v) is 13.0. The number of aliphatic carboxylic acids is 1. The van der Waals surface area contributed by atoms with Crippen LogP contribution in [0, 0.1) is 11.8 Å². The van der Waals surface area contributed by atoms with Gasteiger partial charge in [0.25, 0.3) is 0 Å². The van der Waals surface area contributed by atoms with Crippen LogP contribution in [-0.2, 0) is 16.0 Å². The summed E-state index contributed by atoms with van der Waals surface area (Å²) in [5.74, 6) is -2.42. The van der Waals surface area contributed by atoms with Crippen molar-refractivity contribution in [2.45, 2.75) is 33.1 Å². The minimum absolute atomic E-state index is 0.0778. The highest BCUT2D eigenvalue weighted by Crippen LogP contribution is 2.37. The molecule has 1 amide bonds. The van der Waals surface area contributed by atoms with Crippen LogP contribution < -0.4 is 10.0 Å². The molecule has 0 unspecified atom stereocenters. The fourth-order valence-corrected chi connectivity index (χ4v) is 3.57. The monoisotopic (exact) mass is 298 g/mol. The Hall–Kier alpha value is -2.10. The summed E-state index contributed by atoms with van der Waals surface area (Å²) in [6, 6.07) is 7.84. The molecular formula is C18H20NO3-. The first-order valence-electron chi connectivity index (χ1n) is 7.74. The van der Waals surface area contributed by atoms with Crippen molar-refractivity contribution < 1.29 is 14.7 Å². The zero-order valence-electron chi connectivity index (χ0n) is 13.0. The molecule has 0 bridgehead atoms. The van der Waals surface area contributed by atoms with Gasteiger partial charge < -0.3 is 14.8 Å². The maximum atomic E-state index is 12.9. The third kappa shape index (κ3) is 2.43. The Morgan fingerprint density at radius 3 is 2.41 bits per heavy atom. The molecule has 116 valence electrons. The summed E-state index contributed by atoms with van der Waals surface area (Å²) in [5.41, 5.74) is 4.28. The molecule has 22 heavy (non-hydrogen) atoms. The molecule has 4 heteroatoms. The Bertz CT molecular complexity index is 662. The van der Waals surface area contributed by atoms with E-state index in [2.05, 4.69) is 0 Å². The van der Waals surface area contributed by atoms with E-state index in [9.17, 15) is 14.7 Å². The van der Waals surface area contributed by atoms with Crippen LogP contribution in [0.4, 0.5) is 5.69 Å². The van der Waals surface area contributed by atoms with E-state index in [-0.39, 0.29) is 5.91 Å². The van der Waals surface area contributed by atoms with Gasteiger partial charge in [0.15, 0.2) is 0 Å². The minimum atomic E-state index is -1.11. The Kier molecular flexibility index (Phi) is 3.77. The fourth-order valence-electron chi connectivity index (χ4n) is 3.57. The third-order valence-corrected chi connectivity index (χ3v) is 5.04. The molecule has 0 aromatic heterocycles. The van der Waals surface area contributed by atoms with Gasteiger partial charge in [-0.15, -0.1) is 0 Å². The molecule has 1 aliphatic carbocycles.